The van der Waals surface area contributed by atoms with Crippen molar-refractivity contribution >= 4 is 17.3 Å². The second kappa shape index (κ2) is 7.36. The molecule has 25 heavy (non-hydrogen) atoms. The standard InChI is InChI=1S/C21H26ClN3/c22-19-8-4-5-9-20(19)23-17-21(10-11-21)25-14-12-24(13-15-25)16-18-6-2-1-3-7-18/h1-9,23H,10-17H2. The van der Waals surface area contributed by atoms with Crippen molar-refractivity contribution in [2.45, 2.75) is 24.9 Å². The first-order chi connectivity index (χ1) is 12.3. The van der Waals surface area contributed by atoms with E-state index in [9.17, 15) is 0 Å². The molecular weight excluding hydrogens is 330 g/mol. The van der Waals surface area contributed by atoms with Crippen molar-refractivity contribution < 1.29 is 0 Å². The highest BCUT2D eigenvalue weighted by Gasteiger charge is 2.48. The summed E-state index contributed by atoms with van der Waals surface area (Å²) in [5, 5.41) is 4.39. The smallest absolute Gasteiger partial charge is 0.0637 e. The van der Waals surface area contributed by atoms with Gasteiger partial charge in [-0.3, -0.25) is 9.80 Å². The Hall–Kier alpha value is -1.55. The van der Waals surface area contributed by atoms with Crippen molar-refractivity contribution in [2.24, 2.45) is 0 Å². The molecule has 1 heterocycles. The second-order valence-electron chi connectivity index (χ2n) is 7.31. The third kappa shape index (κ3) is 4.00. The normalized spacial score (nSPS) is 20.4. The number of hydrogen-bond donors (Lipinski definition) is 1. The Labute approximate surface area is 155 Å². The zero-order valence-electron chi connectivity index (χ0n) is 14.6. The minimum absolute atomic E-state index is 0.345. The van der Waals surface area contributed by atoms with E-state index >= 15 is 0 Å². The molecule has 0 bridgehead atoms. The van der Waals surface area contributed by atoms with E-state index in [1.165, 1.54) is 18.4 Å². The zero-order chi connectivity index (χ0) is 17.1. The van der Waals surface area contributed by atoms with E-state index in [4.69, 9.17) is 11.6 Å². The molecule has 1 N–H and O–H groups in total. The minimum atomic E-state index is 0.345. The van der Waals surface area contributed by atoms with Crippen molar-refractivity contribution in [2.75, 3.05) is 38.0 Å². The van der Waals surface area contributed by atoms with E-state index < -0.39 is 0 Å². The molecule has 2 fully saturated rings. The number of nitrogens with zero attached hydrogens (tertiary/aromatic N) is 2. The fourth-order valence-corrected chi connectivity index (χ4v) is 4.04. The van der Waals surface area contributed by atoms with Crippen LogP contribution in [0.2, 0.25) is 5.02 Å². The van der Waals surface area contributed by atoms with E-state index in [0.29, 0.717) is 5.54 Å². The third-order valence-electron chi connectivity index (χ3n) is 5.60. The minimum Gasteiger partial charge on any atom is -0.382 e. The van der Waals surface area contributed by atoms with Gasteiger partial charge in [-0.25, -0.2) is 0 Å². The highest BCUT2D eigenvalue weighted by molar-refractivity contribution is 6.33. The van der Waals surface area contributed by atoms with Crippen LogP contribution in [-0.2, 0) is 6.54 Å². The molecule has 0 atom stereocenters. The Kier molecular flexibility index (Phi) is 4.98. The summed E-state index contributed by atoms with van der Waals surface area (Å²) in [5.74, 6) is 0. The average Bonchev–Trinajstić information content (AvgIpc) is 3.44. The quantitative estimate of drug-likeness (QED) is 0.841. The van der Waals surface area contributed by atoms with Crippen LogP contribution in [0.4, 0.5) is 5.69 Å². The SMILES string of the molecule is Clc1ccccc1NCC1(N2CCN(Cc3ccccc3)CC2)CC1. The second-order valence-corrected chi connectivity index (χ2v) is 7.71. The van der Waals surface area contributed by atoms with Gasteiger partial charge in [-0.15, -0.1) is 0 Å². The van der Waals surface area contributed by atoms with Gasteiger partial charge < -0.3 is 5.32 Å². The van der Waals surface area contributed by atoms with Crippen LogP contribution in [0.3, 0.4) is 0 Å². The Balaban J connectivity index is 1.29. The summed E-state index contributed by atoms with van der Waals surface area (Å²) in [5.41, 5.74) is 2.81. The van der Waals surface area contributed by atoms with E-state index in [2.05, 4.69) is 51.5 Å². The summed E-state index contributed by atoms with van der Waals surface area (Å²) in [7, 11) is 0. The van der Waals surface area contributed by atoms with Gasteiger partial charge in [0.2, 0.25) is 0 Å². The summed E-state index contributed by atoms with van der Waals surface area (Å²) in [6.07, 6.45) is 2.59. The molecule has 1 saturated heterocycles. The Morgan fingerprint density at radius 2 is 1.56 bits per heavy atom. The molecule has 0 amide bonds. The van der Waals surface area contributed by atoms with E-state index in [1.807, 2.05) is 18.2 Å². The summed E-state index contributed by atoms with van der Waals surface area (Å²) >= 11 is 6.27. The number of rotatable bonds is 6. The molecule has 0 aromatic heterocycles. The zero-order valence-corrected chi connectivity index (χ0v) is 15.4. The van der Waals surface area contributed by atoms with E-state index in [0.717, 1.165) is 50.0 Å². The van der Waals surface area contributed by atoms with Crippen molar-refractivity contribution in [1.82, 2.24) is 9.80 Å². The Morgan fingerprint density at radius 1 is 0.880 bits per heavy atom. The molecule has 2 aromatic carbocycles. The van der Waals surface area contributed by atoms with Gasteiger partial charge >= 0.3 is 0 Å². The van der Waals surface area contributed by atoms with Crippen molar-refractivity contribution in [3.05, 3.63) is 65.2 Å². The molecule has 0 spiro atoms. The molecule has 1 aliphatic carbocycles. The van der Waals surface area contributed by atoms with Gasteiger partial charge in [0, 0.05) is 44.8 Å². The van der Waals surface area contributed by atoms with Gasteiger partial charge in [0.1, 0.15) is 0 Å². The van der Waals surface area contributed by atoms with Crippen LogP contribution < -0.4 is 5.32 Å². The maximum atomic E-state index is 6.27. The van der Waals surface area contributed by atoms with Crippen LogP contribution >= 0.6 is 11.6 Å². The van der Waals surface area contributed by atoms with Gasteiger partial charge in [0.05, 0.1) is 10.7 Å². The molecule has 3 nitrogen and oxygen atoms in total. The number of para-hydroxylation sites is 1. The highest BCUT2D eigenvalue weighted by Crippen LogP contribution is 2.42. The monoisotopic (exact) mass is 355 g/mol. The van der Waals surface area contributed by atoms with Crippen LogP contribution in [-0.4, -0.2) is 48.1 Å². The first kappa shape index (κ1) is 16.9. The molecule has 1 aliphatic heterocycles. The maximum Gasteiger partial charge on any atom is 0.0637 e. The fourth-order valence-electron chi connectivity index (χ4n) is 3.84. The lowest BCUT2D eigenvalue weighted by Crippen LogP contribution is -2.53. The van der Waals surface area contributed by atoms with Crippen LogP contribution in [0.1, 0.15) is 18.4 Å². The summed E-state index contributed by atoms with van der Waals surface area (Å²) in [4.78, 5) is 5.27. The number of anilines is 1. The lowest BCUT2D eigenvalue weighted by Gasteiger charge is -2.40. The summed E-state index contributed by atoms with van der Waals surface area (Å²) < 4.78 is 0. The fraction of sp³-hybridized carbons (Fsp3) is 0.429. The molecular formula is C21H26ClN3. The molecule has 1 saturated carbocycles. The van der Waals surface area contributed by atoms with Gasteiger partial charge in [-0.1, -0.05) is 54.1 Å². The first-order valence-corrected chi connectivity index (χ1v) is 9.63. The van der Waals surface area contributed by atoms with Gasteiger partial charge in [-0.2, -0.15) is 0 Å². The third-order valence-corrected chi connectivity index (χ3v) is 5.93. The van der Waals surface area contributed by atoms with E-state index in [-0.39, 0.29) is 0 Å². The number of hydrogen-bond acceptors (Lipinski definition) is 3. The number of benzene rings is 2. The van der Waals surface area contributed by atoms with Crippen LogP contribution in [0.15, 0.2) is 54.6 Å². The Morgan fingerprint density at radius 3 is 2.24 bits per heavy atom. The number of nitrogens with one attached hydrogen (secondary N) is 1. The topological polar surface area (TPSA) is 18.5 Å². The lowest BCUT2D eigenvalue weighted by atomic mass is 10.1. The lowest BCUT2D eigenvalue weighted by molar-refractivity contribution is 0.0856. The van der Waals surface area contributed by atoms with Gasteiger partial charge in [0.15, 0.2) is 0 Å². The predicted octanol–water partition coefficient (Wildman–Crippen LogP) is 4.10. The molecule has 2 aliphatic rings. The Bertz CT molecular complexity index is 691. The largest absolute Gasteiger partial charge is 0.382 e. The molecule has 0 unspecified atom stereocenters. The molecule has 4 rings (SSSR count). The summed E-state index contributed by atoms with van der Waals surface area (Å²) in [6.45, 7) is 6.70. The maximum absolute atomic E-state index is 6.27. The van der Waals surface area contributed by atoms with E-state index in [1.54, 1.807) is 0 Å². The van der Waals surface area contributed by atoms with Crippen LogP contribution in [0.5, 0.6) is 0 Å². The van der Waals surface area contributed by atoms with Gasteiger partial charge in [0.25, 0.3) is 0 Å². The van der Waals surface area contributed by atoms with Crippen molar-refractivity contribution in [3.63, 3.8) is 0 Å². The summed E-state index contributed by atoms with van der Waals surface area (Å²) in [6, 6.07) is 18.8. The first-order valence-electron chi connectivity index (χ1n) is 9.25. The number of piperazine rings is 1. The molecule has 132 valence electrons. The highest BCUT2D eigenvalue weighted by atomic mass is 35.5. The number of halogens is 1. The van der Waals surface area contributed by atoms with Gasteiger partial charge in [-0.05, 0) is 30.5 Å². The van der Waals surface area contributed by atoms with Crippen molar-refractivity contribution in [1.29, 1.82) is 0 Å². The molecule has 2 aromatic rings. The molecule has 4 heteroatoms. The van der Waals surface area contributed by atoms with Crippen LogP contribution in [0.25, 0.3) is 0 Å². The predicted molar refractivity (Wildman–Crippen MR) is 105 cm³/mol. The van der Waals surface area contributed by atoms with Crippen LogP contribution in [0, 0.1) is 0 Å². The average molecular weight is 356 g/mol. The van der Waals surface area contributed by atoms with Crippen molar-refractivity contribution in [3.8, 4) is 0 Å². The molecule has 0 radical (unpaired) electrons.